The number of hydrogen-bond acceptors (Lipinski definition) is 4. The van der Waals surface area contributed by atoms with Gasteiger partial charge in [0.05, 0.1) is 6.54 Å². The van der Waals surface area contributed by atoms with E-state index in [1.165, 1.54) is 5.56 Å². The van der Waals surface area contributed by atoms with E-state index in [1.807, 2.05) is 36.4 Å². The molecule has 4 nitrogen and oxygen atoms in total. The smallest absolute Gasteiger partial charge is 0.247 e. The molecule has 0 bridgehead atoms. The van der Waals surface area contributed by atoms with Crippen molar-refractivity contribution in [3.8, 4) is 11.5 Å². The van der Waals surface area contributed by atoms with E-state index in [4.69, 9.17) is 4.42 Å². The van der Waals surface area contributed by atoms with Crippen molar-refractivity contribution < 1.29 is 4.42 Å². The van der Waals surface area contributed by atoms with Crippen molar-refractivity contribution in [3.63, 3.8) is 0 Å². The number of nitrogens with one attached hydrogen (secondary N) is 1. The standard InChI is InChI=1S/C18H19N3O/c1-3-8-15(9-4-1)10-7-13-19-14-17-20-21-18(22-17)16-11-5-2-6-12-16/h1-6,8-9,11-12,19H,7,10,13-14H2. The molecular weight excluding hydrogens is 274 g/mol. The van der Waals surface area contributed by atoms with Gasteiger partial charge in [-0.25, -0.2) is 0 Å². The lowest BCUT2D eigenvalue weighted by Crippen LogP contribution is -2.15. The van der Waals surface area contributed by atoms with Crippen LogP contribution in [-0.4, -0.2) is 16.7 Å². The lowest BCUT2D eigenvalue weighted by Gasteiger charge is -2.02. The van der Waals surface area contributed by atoms with E-state index in [1.54, 1.807) is 0 Å². The first-order valence-electron chi connectivity index (χ1n) is 7.54. The molecule has 0 fully saturated rings. The van der Waals surface area contributed by atoms with E-state index >= 15 is 0 Å². The highest BCUT2D eigenvalue weighted by atomic mass is 16.4. The summed E-state index contributed by atoms with van der Waals surface area (Å²) in [6.07, 6.45) is 2.16. The number of benzene rings is 2. The molecule has 2 aromatic carbocycles. The Labute approximate surface area is 130 Å². The van der Waals surface area contributed by atoms with Crippen molar-refractivity contribution in [1.29, 1.82) is 0 Å². The van der Waals surface area contributed by atoms with Crippen LogP contribution in [0.5, 0.6) is 0 Å². The van der Waals surface area contributed by atoms with Gasteiger partial charge in [-0.1, -0.05) is 48.5 Å². The van der Waals surface area contributed by atoms with Crippen LogP contribution in [0.4, 0.5) is 0 Å². The molecule has 1 aromatic heterocycles. The molecule has 22 heavy (non-hydrogen) atoms. The van der Waals surface area contributed by atoms with Gasteiger partial charge in [0.1, 0.15) is 0 Å². The summed E-state index contributed by atoms with van der Waals surface area (Å²) < 4.78 is 5.65. The molecule has 0 spiro atoms. The molecule has 0 saturated heterocycles. The number of nitrogens with zero attached hydrogens (tertiary/aromatic N) is 2. The molecule has 0 saturated carbocycles. The van der Waals surface area contributed by atoms with Gasteiger partial charge in [0.25, 0.3) is 0 Å². The number of hydrogen-bond donors (Lipinski definition) is 1. The summed E-state index contributed by atoms with van der Waals surface area (Å²) in [4.78, 5) is 0. The van der Waals surface area contributed by atoms with Gasteiger partial charge >= 0.3 is 0 Å². The molecule has 0 atom stereocenters. The van der Waals surface area contributed by atoms with Crippen LogP contribution < -0.4 is 5.32 Å². The van der Waals surface area contributed by atoms with Crippen LogP contribution in [0.25, 0.3) is 11.5 Å². The molecule has 0 unspecified atom stereocenters. The van der Waals surface area contributed by atoms with Gasteiger partial charge in [-0.15, -0.1) is 10.2 Å². The summed E-state index contributed by atoms with van der Waals surface area (Å²) in [6.45, 7) is 1.53. The Bertz CT molecular complexity index is 680. The minimum Gasteiger partial charge on any atom is -0.419 e. The highest BCUT2D eigenvalue weighted by molar-refractivity contribution is 5.51. The Morgan fingerprint density at radius 2 is 1.59 bits per heavy atom. The third-order valence-corrected chi connectivity index (χ3v) is 3.43. The minimum absolute atomic E-state index is 0.571. The summed E-state index contributed by atoms with van der Waals surface area (Å²) in [5, 5.41) is 11.5. The Balaban J connectivity index is 1.42. The molecule has 0 amide bonds. The van der Waals surface area contributed by atoms with Gasteiger partial charge in [-0.05, 0) is 37.1 Å². The second kappa shape index (κ2) is 7.52. The predicted molar refractivity (Wildman–Crippen MR) is 86.2 cm³/mol. The zero-order valence-corrected chi connectivity index (χ0v) is 12.4. The zero-order chi connectivity index (χ0) is 15.0. The van der Waals surface area contributed by atoms with Gasteiger partial charge in [0.15, 0.2) is 0 Å². The molecule has 1 N–H and O–H groups in total. The number of aryl methyl sites for hydroxylation is 1. The van der Waals surface area contributed by atoms with Crippen LogP contribution in [0.2, 0.25) is 0 Å². The fraction of sp³-hybridized carbons (Fsp3) is 0.222. The maximum atomic E-state index is 5.65. The molecule has 4 heteroatoms. The Hall–Kier alpha value is -2.46. The maximum Gasteiger partial charge on any atom is 0.247 e. The lowest BCUT2D eigenvalue weighted by atomic mass is 10.1. The first-order chi connectivity index (χ1) is 10.9. The molecule has 0 aliphatic rings. The Morgan fingerprint density at radius 3 is 2.36 bits per heavy atom. The minimum atomic E-state index is 0.571. The van der Waals surface area contributed by atoms with Crippen LogP contribution in [0.1, 0.15) is 17.9 Å². The van der Waals surface area contributed by atoms with Gasteiger partial charge < -0.3 is 9.73 Å². The largest absolute Gasteiger partial charge is 0.419 e. The van der Waals surface area contributed by atoms with Crippen LogP contribution in [0, 0.1) is 0 Å². The third kappa shape index (κ3) is 4.02. The van der Waals surface area contributed by atoms with Gasteiger partial charge in [0, 0.05) is 5.56 Å². The average Bonchev–Trinajstić information content (AvgIpc) is 3.05. The van der Waals surface area contributed by atoms with Gasteiger partial charge in [0.2, 0.25) is 11.8 Å². The lowest BCUT2D eigenvalue weighted by molar-refractivity contribution is 0.475. The molecule has 112 valence electrons. The molecule has 0 radical (unpaired) electrons. The van der Waals surface area contributed by atoms with Gasteiger partial charge in [-0.3, -0.25) is 0 Å². The monoisotopic (exact) mass is 293 g/mol. The number of aromatic nitrogens is 2. The SMILES string of the molecule is c1ccc(CCCNCc2nnc(-c3ccccc3)o2)cc1. The summed E-state index contributed by atoms with van der Waals surface area (Å²) >= 11 is 0. The second-order valence-electron chi connectivity index (χ2n) is 5.13. The maximum absolute atomic E-state index is 5.65. The van der Waals surface area contributed by atoms with E-state index in [0.717, 1.165) is 24.9 Å². The Kier molecular flexibility index (Phi) is 4.95. The zero-order valence-electron chi connectivity index (χ0n) is 12.4. The summed E-state index contributed by atoms with van der Waals surface area (Å²) in [5.41, 5.74) is 2.32. The predicted octanol–water partition coefficient (Wildman–Crippen LogP) is 3.46. The van der Waals surface area contributed by atoms with E-state index in [-0.39, 0.29) is 0 Å². The normalized spacial score (nSPS) is 10.7. The van der Waals surface area contributed by atoms with Crippen LogP contribution in [0.3, 0.4) is 0 Å². The molecule has 1 heterocycles. The molecule has 3 aromatic rings. The molecule has 0 aliphatic carbocycles. The van der Waals surface area contributed by atoms with Gasteiger partial charge in [-0.2, -0.15) is 0 Å². The molecule has 3 rings (SSSR count). The average molecular weight is 293 g/mol. The summed E-state index contributed by atoms with van der Waals surface area (Å²) in [5.74, 6) is 1.19. The Morgan fingerprint density at radius 1 is 0.864 bits per heavy atom. The first-order valence-corrected chi connectivity index (χ1v) is 7.54. The topological polar surface area (TPSA) is 51.0 Å². The fourth-order valence-electron chi connectivity index (χ4n) is 2.28. The second-order valence-corrected chi connectivity index (χ2v) is 5.13. The van der Waals surface area contributed by atoms with Crippen molar-refractivity contribution in [1.82, 2.24) is 15.5 Å². The first kappa shape index (κ1) is 14.5. The van der Waals surface area contributed by atoms with Crippen molar-refractivity contribution in [2.75, 3.05) is 6.54 Å². The summed E-state index contributed by atoms with van der Waals surface area (Å²) in [7, 11) is 0. The van der Waals surface area contributed by atoms with E-state index in [0.29, 0.717) is 18.3 Å². The van der Waals surface area contributed by atoms with E-state index < -0.39 is 0 Å². The van der Waals surface area contributed by atoms with Crippen LogP contribution >= 0.6 is 0 Å². The number of rotatable bonds is 7. The third-order valence-electron chi connectivity index (χ3n) is 3.43. The van der Waals surface area contributed by atoms with E-state index in [2.05, 4.69) is 39.8 Å². The molecular formula is C18H19N3O. The van der Waals surface area contributed by atoms with Crippen molar-refractivity contribution in [2.45, 2.75) is 19.4 Å². The highest BCUT2D eigenvalue weighted by Gasteiger charge is 2.07. The summed E-state index contributed by atoms with van der Waals surface area (Å²) in [6, 6.07) is 20.3. The highest BCUT2D eigenvalue weighted by Crippen LogP contribution is 2.16. The van der Waals surface area contributed by atoms with Crippen LogP contribution in [0.15, 0.2) is 65.1 Å². The van der Waals surface area contributed by atoms with E-state index in [9.17, 15) is 0 Å². The fourth-order valence-corrected chi connectivity index (χ4v) is 2.28. The van der Waals surface area contributed by atoms with Crippen molar-refractivity contribution in [2.24, 2.45) is 0 Å². The van der Waals surface area contributed by atoms with Crippen LogP contribution in [-0.2, 0) is 13.0 Å². The van der Waals surface area contributed by atoms with Crippen molar-refractivity contribution >= 4 is 0 Å². The van der Waals surface area contributed by atoms with Crippen molar-refractivity contribution in [3.05, 3.63) is 72.1 Å². The quantitative estimate of drug-likeness (QED) is 0.678. The molecule has 0 aliphatic heterocycles.